The van der Waals surface area contributed by atoms with Crippen molar-refractivity contribution in [2.75, 3.05) is 0 Å². The summed E-state index contributed by atoms with van der Waals surface area (Å²) in [4.78, 5) is 0. The number of benzene rings is 1. The molecule has 0 aromatic heterocycles. The van der Waals surface area contributed by atoms with E-state index >= 15 is 0 Å². The predicted octanol–water partition coefficient (Wildman–Crippen LogP) is 3.54. The second-order valence-electron chi connectivity index (χ2n) is 5.47. The molecular weight excluding hydrogens is 220 g/mol. The number of nitrogens with zero attached hydrogens (tertiary/aromatic N) is 1. The van der Waals surface area contributed by atoms with Crippen molar-refractivity contribution in [3.05, 3.63) is 34.9 Å². The van der Waals surface area contributed by atoms with Gasteiger partial charge in [-0.2, -0.15) is 5.26 Å². The van der Waals surface area contributed by atoms with Crippen molar-refractivity contribution in [1.82, 2.24) is 5.32 Å². The largest absolute Gasteiger partial charge is 0.310 e. The van der Waals surface area contributed by atoms with Gasteiger partial charge in [0, 0.05) is 12.6 Å². The topological polar surface area (TPSA) is 35.8 Å². The first-order valence-electron chi connectivity index (χ1n) is 6.93. The summed E-state index contributed by atoms with van der Waals surface area (Å²) in [6, 6.07) is 8.73. The van der Waals surface area contributed by atoms with Crippen molar-refractivity contribution in [2.24, 2.45) is 5.92 Å². The molecule has 96 valence electrons. The summed E-state index contributed by atoms with van der Waals surface area (Å²) in [5.74, 6) is 0.851. The highest BCUT2D eigenvalue weighted by molar-refractivity contribution is 5.37. The minimum Gasteiger partial charge on any atom is -0.310 e. The van der Waals surface area contributed by atoms with E-state index < -0.39 is 0 Å². The number of hydrogen-bond donors (Lipinski definition) is 1. The lowest BCUT2D eigenvalue weighted by molar-refractivity contribution is 0.380. The first-order chi connectivity index (χ1) is 8.70. The van der Waals surface area contributed by atoms with E-state index in [1.807, 2.05) is 12.1 Å². The van der Waals surface area contributed by atoms with Crippen LogP contribution in [0.1, 0.15) is 49.3 Å². The van der Waals surface area contributed by atoms with Gasteiger partial charge in [-0.1, -0.05) is 18.9 Å². The molecule has 0 saturated heterocycles. The standard InChI is InChI=1S/C16H22N2/c1-12-9-14(10-17)7-8-16(12)11-18-13(2)15-5-3-4-6-15/h7-9,13,15,18H,3-6,11H2,1-2H3. The van der Waals surface area contributed by atoms with Gasteiger partial charge in [0.05, 0.1) is 11.6 Å². The molecule has 1 unspecified atom stereocenters. The fraction of sp³-hybridized carbons (Fsp3) is 0.562. The van der Waals surface area contributed by atoms with Crippen LogP contribution in [0.25, 0.3) is 0 Å². The van der Waals surface area contributed by atoms with Gasteiger partial charge in [0.2, 0.25) is 0 Å². The maximum absolute atomic E-state index is 8.85. The lowest BCUT2D eigenvalue weighted by atomic mass is 9.99. The Morgan fingerprint density at radius 1 is 1.39 bits per heavy atom. The van der Waals surface area contributed by atoms with Gasteiger partial charge in [0.15, 0.2) is 0 Å². The SMILES string of the molecule is Cc1cc(C#N)ccc1CNC(C)C1CCCC1. The molecule has 1 aromatic rings. The molecule has 0 bridgehead atoms. The summed E-state index contributed by atoms with van der Waals surface area (Å²) >= 11 is 0. The van der Waals surface area contributed by atoms with Crippen molar-refractivity contribution in [1.29, 1.82) is 5.26 Å². The third kappa shape index (κ3) is 3.11. The molecule has 2 nitrogen and oxygen atoms in total. The summed E-state index contributed by atoms with van der Waals surface area (Å²) in [7, 11) is 0. The normalized spacial score (nSPS) is 17.6. The Morgan fingerprint density at radius 3 is 2.72 bits per heavy atom. The second kappa shape index (κ2) is 6.02. The van der Waals surface area contributed by atoms with Crippen LogP contribution in [-0.2, 0) is 6.54 Å². The Bertz CT molecular complexity index is 439. The van der Waals surface area contributed by atoms with E-state index in [1.165, 1.54) is 36.8 Å². The highest BCUT2D eigenvalue weighted by Gasteiger charge is 2.20. The highest BCUT2D eigenvalue weighted by Crippen LogP contribution is 2.27. The van der Waals surface area contributed by atoms with Gasteiger partial charge < -0.3 is 5.32 Å². The number of rotatable bonds is 4. The first kappa shape index (κ1) is 13.1. The van der Waals surface area contributed by atoms with Crippen LogP contribution in [0.4, 0.5) is 0 Å². The molecule has 2 heteroatoms. The van der Waals surface area contributed by atoms with Gasteiger partial charge in [-0.05, 0) is 55.9 Å². The minimum absolute atomic E-state index is 0.600. The van der Waals surface area contributed by atoms with Gasteiger partial charge in [-0.15, -0.1) is 0 Å². The molecule has 1 aromatic carbocycles. The van der Waals surface area contributed by atoms with Crippen LogP contribution in [0.2, 0.25) is 0 Å². The Labute approximate surface area is 110 Å². The van der Waals surface area contributed by atoms with Crippen LogP contribution in [0.15, 0.2) is 18.2 Å². The second-order valence-corrected chi connectivity index (χ2v) is 5.47. The number of nitrogens with one attached hydrogen (secondary N) is 1. The molecule has 1 fully saturated rings. The fourth-order valence-electron chi connectivity index (χ4n) is 2.86. The third-order valence-corrected chi connectivity index (χ3v) is 4.19. The van der Waals surface area contributed by atoms with E-state index in [0.717, 1.165) is 18.0 Å². The molecule has 0 heterocycles. The van der Waals surface area contributed by atoms with Gasteiger partial charge in [0.1, 0.15) is 0 Å². The molecule has 1 aliphatic rings. The van der Waals surface area contributed by atoms with Gasteiger partial charge in [0.25, 0.3) is 0 Å². The van der Waals surface area contributed by atoms with Crippen LogP contribution < -0.4 is 5.32 Å². The molecule has 1 N–H and O–H groups in total. The Morgan fingerprint density at radius 2 is 2.11 bits per heavy atom. The monoisotopic (exact) mass is 242 g/mol. The maximum Gasteiger partial charge on any atom is 0.0991 e. The molecule has 1 atom stereocenters. The Kier molecular flexibility index (Phi) is 4.38. The van der Waals surface area contributed by atoms with E-state index in [-0.39, 0.29) is 0 Å². The van der Waals surface area contributed by atoms with Crippen molar-refractivity contribution >= 4 is 0 Å². The predicted molar refractivity (Wildman–Crippen MR) is 74.2 cm³/mol. The Balaban J connectivity index is 1.91. The smallest absolute Gasteiger partial charge is 0.0991 e. The maximum atomic E-state index is 8.85. The summed E-state index contributed by atoms with van der Waals surface area (Å²) < 4.78 is 0. The zero-order valence-electron chi connectivity index (χ0n) is 11.4. The van der Waals surface area contributed by atoms with E-state index in [2.05, 4.69) is 31.3 Å². The molecular formula is C16H22N2. The van der Waals surface area contributed by atoms with Crippen LogP contribution in [0, 0.1) is 24.2 Å². The average molecular weight is 242 g/mol. The third-order valence-electron chi connectivity index (χ3n) is 4.19. The first-order valence-corrected chi connectivity index (χ1v) is 6.93. The molecule has 0 radical (unpaired) electrons. The quantitative estimate of drug-likeness (QED) is 0.876. The number of nitriles is 1. The summed E-state index contributed by atoms with van der Waals surface area (Å²) in [5.41, 5.74) is 3.26. The van der Waals surface area contributed by atoms with Crippen LogP contribution in [0.3, 0.4) is 0 Å². The molecule has 2 rings (SSSR count). The molecule has 1 saturated carbocycles. The van der Waals surface area contributed by atoms with E-state index in [1.54, 1.807) is 0 Å². The molecule has 0 aliphatic heterocycles. The van der Waals surface area contributed by atoms with Crippen molar-refractivity contribution in [3.63, 3.8) is 0 Å². The summed E-state index contributed by atoms with van der Waals surface area (Å²) in [6.45, 7) is 5.29. The lowest BCUT2D eigenvalue weighted by Gasteiger charge is -2.21. The minimum atomic E-state index is 0.600. The zero-order valence-corrected chi connectivity index (χ0v) is 11.4. The highest BCUT2D eigenvalue weighted by atomic mass is 14.9. The number of aryl methyl sites for hydroxylation is 1. The van der Waals surface area contributed by atoms with Gasteiger partial charge in [-0.25, -0.2) is 0 Å². The van der Waals surface area contributed by atoms with E-state index in [0.29, 0.717) is 6.04 Å². The molecule has 0 amide bonds. The van der Waals surface area contributed by atoms with E-state index in [9.17, 15) is 0 Å². The number of hydrogen-bond acceptors (Lipinski definition) is 2. The molecule has 1 aliphatic carbocycles. The molecule has 0 spiro atoms. The summed E-state index contributed by atoms with van der Waals surface area (Å²) in [6.07, 6.45) is 5.54. The van der Waals surface area contributed by atoms with Crippen LogP contribution in [-0.4, -0.2) is 6.04 Å². The fourth-order valence-corrected chi connectivity index (χ4v) is 2.86. The van der Waals surface area contributed by atoms with Gasteiger partial charge in [-0.3, -0.25) is 0 Å². The van der Waals surface area contributed by atoms with E-state index in [4.69, 9.17) is 5.26 Å². The molecule has 18 heavy (non-hydrogen) atoms. The van der Waals surface area contributed by atoms with Gasteiger partial charge >= 0.3 is 0 Å². The lowest BCUT2D eigenvalue weighted by Crippen LogP contribution is -2.31. The van der Waals surface area contributed by atoms with Crippen molar-refractivity contribution < 1.29 is 0 Å². The van der Waals surface area contributed by atoms with Crippen molar-refractivity contribution in [2.45, 2.75) is 52.1 Å². The zero-order chi connectivity index (χ0) is 13.0. The average Bonchev–Trinajstić information content (AvgIpc) is 2.90. The van der Waals surface area contributed by atoms with Crippen molar-refractivity contribution in [3.8, 4) is 6.07 Å². The van der Waals surface area contributed by atoms with Crippen LogP contribution >= 0.6 is 0 Å². The Hall–Kier alpha value is -1.33. The van der Waals surface area contributed by atoms with Crippen LogP contribution in [0.5, 0.6) is 0 Å². The summed E-state index contributed by atoms with van der Waals surface area (Å²) in [5, 5.41) is 12.5.